The number of furan rings is 1. The fourth-order valence-corrected chi connectivity index (χ4v) is 5.27. The van der Waals surface area contributed by atoms with E-state index in [2.05, 4.69) is 18.0 Å². The topological polar surface area (TPSA) is 74.0 Å². The minimum atomic E-state index is -1.01. The Bertz CT molecular complexity index is 899. The van der Waals surface area contributed by atoms with Gasteiger partial charge in [-0.15, -0.1) is 0 Å². The fraction of sp³-hybridized carbons (Fsp3) is 0.652. The van der Waals surface area contributed by atoms with Crippen LogP contribution >= 0.6 is 11.8 Å². The van der Waals surface area contributed by atoms with Gasteiger partial charge >= 0.3 is 0 Å². The summed E-state index contributed by atoms with van der Waals surface area (Å²) < 4.78 is 22.7. The lowest BCUT2D eigenvalue weighted by Gasteiger charge is -2.54. The number of pyridine rings is 1. The number of aromatic nitrogens is 1. The molecule has 7 nitrogen and oxygen atoms in total. The molecule has 0 aromatic carbocycles. The highest BCUT2D eigenvalue weighted by Gasteiger charge is 2.62. The van der Waals surface area contributed by atoms with Crippen molar-refractivity contribution in [2.24, 2.45) is 5.92 Å². The molecule has 3 heterocycles. The van der Waals surface area contributed by atoms with Crippen molar-refractivity contribution in [2.75, 3.05) is 39.2 Å². The van der Waals surface area contributed by atoms with Crippen molar-refractivity contribution in [3.8, 4) is 0 Å². The van der Waals surface area contributed by atoms with Crippen LogP contribution in [0.25, 0.3) is 11.0 Å². The molecule has 0 spiro atoms. The van der Waals surface area contributed by atoms with E-state index in [1.165, 1.54) is 19.3 Å². The van der Waals surface area contributed by atoms with Crippen molar-refractivity contribution in [3.05, 3.63) is 29.8 Å². The van der Waals surface area contributed by atoms with Crippen LogP contribution in [0.4, 0.5) is 0 Å². The van der Waals surface area contributed by atoms with Gasteiger partial charge in [0.15, 0.2) is 5.60 Å². The van der Waals surface area contributed by atoms with Gasteiger partial charge in [-0.3, -0.25) is 9.78 Å². The van der Waals surface area contributed by atoms with Crippen LogP contribution in [0.5, 0.6) is 0 Å². The number of fused-ring (bicyclic) bond motifs is 1. The highest BCUT2D eigenvalue weighted by Crippen LogP contribution is 2.41. The molecule has 8 heteroatoms. The Balaban J connectivity index is 1.62. The Morgan fingerprint density at radius 2 is 2.16 bits per heavy atom. The first-order valence-electron chi connectivity index (χ1n) is 11.0. The van der Waals surface area contributed by atoms with E-state index in [9.17, 15) is 4.79 Å². The van der Waals surface area contributed by atoms with Gasteiger partial charge in [0.2, 0.25) is 0 Å². The Hall–Kier alpha value is -1.61. The summed E-state index contributed by atoms with van der Waals surface area (Å²) in [5, 5.41) is 0.966. The number of hydrogen-bond acceptors (Lipinski definition) is 7. The maximum atomic E-state index is 13.3. The molecule has 2 atom stereocenters. The molecule has 1 amide bonds. The highest BCUT2D eigenvalue weighted by atomic mass is 32.2. The molecule has 2 aromatic heterocycles. The van der Waals surface area contributed by atoms with Crippen LogP contribution < -0.4 is 0 Å². The summed E-state index contributed by atoms with van der Waals surface area (Å²) in [6.07, 6.45) is 6.92. The van der Waals surface area contributed by atoms with Gasteiger partial charge in [0.1, 0.15) is 24.9 Å². The van der Waals surface area contributed by atoms with Crippen molar-refractivity contribution in [3.63, 3.8) is 0 Å². The summed E-state index contributed by atoms with van der Waals surface area (Å²) in [5.41, 5.74) is 0.633. The zero-order valence-electron chi connectivity index (χ0n) is 18.6. The lowest BCUT2D eigenvalue weighted by atomic mass is 9.79. The quantitative estimate of drug-likeness (QED) is 0.342. The molecule has 1 saturated heterocycles. The largest absolute Gasteiger partial charge is 0.461 e. The summed E-state index contributed by atoms with van der Waals surface area (Å²) in [6, 6.07) is 3.88. The molecular weight excluding hydrogens is 416 g/mol. The molecule has 0 unspecified atom stereocenters. The molecule has 0 radical (unpaired) electrons. The second-order valence-electron chi connectivity index (χ2n) is 8.35. The van der Waals surface area contributed by atoms with Gasteiger partial charge < -0.3 is 23.5 Å². The van der Waals surface area contributed by atoms with Crippen molar-refractivity contribution in [1.29, 1.82) is 0 Å². The first-order chi connectivity index (χ1) is 15.1. The van der Waals surface area contributed by atoms with E-state index in [0.717, 1.165) is 46.3 Å². The Morgan fingerprint density at radius 3 is 2.87 bits per heavy atom. The van der Waals surface area contributed by atoms with Crippen LogP contribution in [0.1, 0.15) is 37.6 Å². The zero-order valence-corrected chi connectivity index (χ0v) is 19.4. The smallest absolute Gasteiger partial charge is 0.259 e. The predicted octanol–water partition coefficient (Wildman–Crippen LogP) is 3.64. The molecule has 1 aliphatic carbocycles. The fourth-order valence-electron chi connectivity index (χ4n) is 4.36. The van der Waals surface area contributed by atoms with Crippen molar-refractivity contribution in [1.82, 2.24) is 9.88 Å². The number of thioether (sulfide) groups is 1. The van der Waals surface area contributed by atoms with Gasteiger partial charge in [0.05, 0.1) is 11.7 Å². The van der Waals surface area contributed by atoms with Gasteiger partial charge in [0.25, 0.3) is 5.91 Å². The first-order valence-corrected chi connectivity index (χ1v) is 12.1. The number of carbonyl (C=O) groups is 1. The number of β-lactam (4-membered cyclic amide) rings is 1. The average Bonchev–Trinajstić information content (AvgIpc) is 3.52. The van der Waals surface area contributed by atoms with Crippen LogP contribution in [-0.4, -0.2) is 66.7 Å². The number of aryl methyl sites for hydroxylation is 1. The SMILES string of the molecule is CCSC[C@@H]1N(COC)C(=O)[C@]1(Cc1nccc2oc(CCC3CC3)cc12)OCOC. The molecule has 1 saturated carbocycles. The molecule has 170 valence electrons. The number of hydrogen-bond donors (Lipinski definition) is 0. The first kappa shape index (κ1) is 22.6. The summed E-state index contributed by atoms with van der Waals surface area (Å²) in [6.45, 7) is 2.41. The van der Waals surface area contributed by atoms with Gasteiger partial charge in [-0.25, -0.2) is 0 Å². The maximum absolute atomic E-state index is 13.3. The third-order valence-electron chi connectivity index (χ3n) is 6.22. The average molecular weight is 449 g/mol. The predicted molar refractivity (Wildman–Crippen MR) is 120 cm³/mol. The van der Waals surface area contributed by atoms with Crippen LogP contribution in [-0.2, 0) is 31.8 Å². The van der Waals surface area contributed by atoms with Crippen molar-refractivity contribution < 1.29 is 23.4 Å². The molecule has 1 aliphatic heterocycles. The third-order valence-corrected chi connectivity index (χ3v) is 7.18. The molecular formula is C23H32N2O5S. The number of rotatable bonds is 13. The minimum Gasteiger partial charge on any atom is -0.461 e. The third kappa shape index (κ3) is 4.62. The van der Waals surface area contributed by atoms with Crippen LogP contribution in [0.3, 0.4) is 0 Å². The molecule has 2 fully saturated rings. The molecule has 31 heavy (non-hydrogen) atoms. The second-order valence-corrected chi connectivity index (χ2v) is 9.67. The van der Waals surface area contributed by atoms with Crippen LogP contribution in [0.15, 0.2) is 22.7 Å². The molecule has 2 aliphatic rings. The van der Waals surface area contributed by atoms with Gasteiger partial charge in [0, 0.05) is 44.4 Å². The number of amides is 1. The second kappa shape index (κ2) is 9.90. The van der Waals surface area contributed by atoms with Gasteiger partial charge in [-0.2, -0.15) is 11.8 Å². The van der Waals surface area contributed by atoms with E-state index in [-0.39, 0.29) is 25.5 Å². The number of nitrogens with zero attached hydrogens (tertiary/aromatic N) is 2. The number of methoxy groups -OCH3 is 2. The number of carbonyl (C=O) groups excluding carboxylic acids is 1. The molecule has 0 bridgehead atoms. The normalized spacial score (nSPS) is 23.5. The monoisotopic (exact) mass is 448 g/mol. The van der Waals surface area contributed by atoms with Crippen molar-refractivity contribution in [2.45, 2.75) is 50.7 Å². The van der Waals surface area contributed by atoms with Crippen LogP contribution in [0, 0.1) is 5.92 Å². The highest BCUT2D eigenvalue weighted by molar-refractivity contribution is 7.99. The summed E-state index contributed by atoms with van der Waals surface area (Å²) in [4.78, 5) is 19.7. The maximum Gasteiger partial charge on any atom is 0.259 e. The van der Waals surface area contributed by atoms with Gasteiger partial charge in [-0.05, 0) is 30.2 Å². The lowest BCUT2D eigenvalue weighted by molar-refractivity contribution is -0.229. The van der Waals surface area contributed by atoms with E-state index in [1.807, 2.05) is 6.07 Å². The van der Waals surface area contributed by atoms with E-state index < -0.39 is 5.60 Å². The molecule has 4 rings (SSSR count). The molecule has 2 aromatic rings. The summed E-state index contributed by atoms with van der Waals surface area (Å²) >= 11 is 1.78. The van der Waals surface area contributed by atoms with Crippen molar-refractivity contribution >= 4 is 28.6 Å². The lowest BCUT2D eigenvalue weighted by Crippen LogP contribution is -2.77. The Morgan fingerprint density at radius 1 is 1.32 bits per heavy atom. The zero-order chi connectivity index (χ0) is 21.8. The van der Waals surface area contributed by atoms with E-state index in [0.29, 0.717) is 6.42 Å². The standard InChI is InChI=1S/C23H32N2O5S/c1-4-31-13-21-23(29-15-28-3,22(26)25(21)14-27-2)12-19-18-11-17(8-7-16-5-6-16)30-20(18)9-10-24-19/h9-11,16,21H,4-8,12-15H2,1-3H3/t21-,23+/m0/s1. The number of likely N-dealkylation sites (tertiary alicyclic amines) is 1. The Kier molecular flexibility index (Phi) is 7.21. The van der Waals surface area contributed by atoms with E-state index in [1.54, 1.807) is 37.1 Å². The minimum absolute atomic E-state index is 0.0495. The number of ether oxygens (including phenoxy) is 3. The summed E-state index contributed by atoms with van der Waals surface area (Å²) in [7, 11) is 3.17. The van der Waals surface area contributed by atoms with E-state index >= 15 is 0 Å². The van der Waals surface area contributed by atoms with E-state index in [4.69, 9.17) is 18.6 Å². The Labute approximate surface area is 187 Å². The molecule has 0 N–H and O–H groups in total. The van der Waals surface area contributed by atoms with Crippen LogP contribution in [0.2, 0.25) is 0 Å². The summed E-state index contributed by atoms with van der Waals surface area (Å²) in [5.74, 6) is 3.49. The van der Waals surface area contributed by atoms with Gasteiger partial charge in [-0.1, -0.05) is 19.8 Å².